The van der Waals surface area contributed by atoms with Crippen LogP contribution in [-0.4, -0.2) is 11.2 Å². The predicted octanol–water partition coefficient (Wildman–Crippen LogP) is 4.61. The molecule has 2 nitrogen and oxygen atoms in total. The van der Waals surface area contributed by atoms with Crippen molar-refractivity contribution in [3.63, 3.8) is 0 Å². The molecule has 1 aliphatic carbocycles. The van der Waals surface area contributed by atoms with Crippen molar-refractivity contribution in [3.05, 3.63) is 83.9 Å². The maximum atomic E-state index is 9.65. The molecule has 0 saturated heterocycles. The summed E-state index contributed by atoms with van der Waals surface area (Å²) in [5.74, 6) is 1.23. The molecule has 0 saturated carbocycles. The van der Waals surface area contributed by atoms with Crippen LogP contribution in [0.1, 0.15) is 11.1 Å². The van der Waals surface area contributed by atoms with Crippen molar-refractivity contribution in [1.29, 1.82) is 0 Å². The van der Waals surface area contributed by atoms with Crippen LogP contribution >= 0.6 is 0 Å². The molecule has 0 bridgehead atoms. The molecule has 0 radical (unpaired) electrons. The summed E-state index contributed by atoms with van der Waals surface area (Å²) in [5, 5.41) is 9.65. The largest absolute Gasteiger partial charge is 0.508 e. The lowest BCUT2D eigenvalue weighted by Crippen LogP contribution is -2.16. The Bertz CT molecular complexity index is 824. The number of para-hydroxylation sites is 1. The van der Waals surface area contributed by atoms with Gasteiger partial charge in [-0.2, -0.15) is 0 Å². The molecule has 0 aromatic heterocycles. The molecular formula is C21H18O2. The second-order valence-corrected chi connectivity index (χ2v) is 5.99. The molecule has 0 amide bonds. The van der Waals surface area contributed by atoms with Crippen LogP contribution in [0.15, 0.2) is 72.8 Å². The Balaban J connectivity index is 1.55. The zero-order chi connectivity index (χ0) is 15.6. The first-order chi connectivity index (χ1) is 11.3. The van der Waals surface area contributed by atoms with Gasteiger partial charge in [0.05, 0.1) is 0 Å². The van der Waals surface area contributed by atoms with E-state index in [1.807, 2.05) is 42.5 Å². The summed E-state index contributed by atoms with van der Waals surface area (Å²) in [6.07, 6.45) is 2.08. The first-order valence-corrected chi connectivity index (χ1v) is 7.91. The quantitative estimate of drug-likeness (QED) is 0.766. The number of aromatic hydroxyl groups is 1. The van der Waals surface area contributed by atoms with Gasteiger partial charge in [0.2, 0.25) is 0 Å². The van der Waals surface area contributed by atoms with Crippen molar-refractivity contribution < 1.29 is 9.84 Å². The van der Waals surface area contributed by atoms with E-state index in [0.717, 1.165) is 29.7 Å². The van der Waals surface area contributed by atoms with Crippen molar-refractivity contribution in [3.8, 4) is 22.6 Å². The molecule has 1 unspecified atom stereocenters. The normalized spacial score (nSPS) is 16.1. The number of fused-ring (bicyclic) bond motifs is 1. The highest BCUT2D eigenvalue weighted by Gasteiger charge is 2.23. The van der Waals surface area contributed by atoms with Gasteiger partial charge in [-0.3, -0.25) is 0 Å². The Labute approximate surface area is 136 Å². The summed E-state index contributed by atoms with van der Waals surface area (Å²) in [5.41, 5.74) is 4.88. The molecule has 3 aromatic carbocycles. The Morgan fingerprint density at radius 3 is 2.35 bits per heavy atom. The zero-order valence-corrected chi connectivity index (χ0v) is 12.8. The van der Waals surface area contributed by atoms with Crippen molar-refractivity contribution in [2.45, 2.75) is 18.9 Å². The fourth-order valence-electron chi connectivity index (χ4n) is 3.22. The maximum Gasteiger partial charge on any atom is 0.119 e. The Morgan fingerprint density at radius 1 is 0.739 bits per heavy atom. The van der Waals surface area contributed by atoms with Crippen molar-refractivity contribution in [2.75, 3.05) is 0 Å². The van der Waals surface area contributed by atoms with Gasteiger partial charge in [0.15, 0.2) is 0 Å². The molecular weight excluding hydrogens is 284 g/mol. The van der Waals surface area contributed by atoms with Crippen LogP contribution in [0.5, 0.6) is 11.5 Å². The number of phenols is 1. The average molecular weight is 302 g/mol. The number of hydrogen-bond acceptors (Lipinski definition) is 2. The second-order valence-electron chi connectivity index (χ2n) is 5.99. The fourth-order valence-corrected chi connectivity index (χ4v) is 3.22. The number of rotatable bonds is 3. The minimum Gasteiger partial charge on any atom is -0.508 e. The summed E-state index contributed by atoms with van der Waals surface area (Å²) >= 11 is 0. The first-order valence-electron chi connectivity index (χ1n) is 7.91. The number of phenolic OH excluding ortho intramolecular Hbond substituents is 1. The van der Waals surface area contributed by atoms with Crippen LogP contribution in [0.4, 0.5) is 0 Å². The van der Waals surface area contributed by atoms with Crippen molar-refractivity contribution in [2.24, 2.45) is 0 Å². The molecule has 0 spiro atoms. The lowest BCUT2D eigenvalue weighted by atomic mass is 10.0. The highest BCUT2D eigenvalue weighted by molar-refractivity contribution is 5.66. The van der Waals surface area contributed by atoms with Gasteiger partial charge in [-0.1, -0.05) is 48.5 Å². The maximum absolute atomic E-state index is 9.65. The van der Waals surface area contributed by atoms with Gasteiger partial charge in [-0.25, -0.2) is 0 Å². The van der Waals surface area contributed by atoms with Gasteiger partial charge in [0.1, 0.15) is 17.6 Å². The molecule has 114 valence electrons. The van der Waals surface area contributed by atoms with E-state index in [1.165, 1.54) is 11.1 Å². The minimum absolute atomic E-state index is 0.201. The van der Waals surface area contributed by atoms with Gasteiger partial charge < -0.3 is 9.84 Å². The monoisotopic (exact) mass is 302 g/mol. The second kappa shape index (κ2) is 5.81. The van der Waals surface area contributed by atoms with Crippen LogP contribution in [0, 0.1) is 0 Å². The topological polar surface area (TPSA) is 29.5 Å². The van der Waals surface area contributed by atoms with E-state index in [9.17, 15) is 5.11 Å². The SMILES string of the molecule is Oc1cccc(-c2ccc3c(c2)CC(Oc2ccccc2)C3)c1. The highest BCUT2D eigenvalue weighted by Crippen LogP contribution is 2.31. The summed E-state index contributed by atoms with van der Waals surface area (Å²) in [4.78, 5) is 0. The third kappa shape index (κ3) is 2.93. The average Bonchev–Trinajstić information content (AvgIpc) is 2.97. The van der Waals surface area contributed by atoms with E-state index in [4.69, 9.17) is 4.74 Å². The highest BCUT2D eigenvalue weighted by atomic mass is 16.5. The zero-order valence-electron chi connectivity index (χ0n) is 12.8. The van der Waals surface area contributed by atoms with Gasteiger partial charge >= 0.3 is 0 Å². The first kappa shape index (κ1) is 13.9. The number of hydrogen-bond donors (Lipinski definition) is 1. The molecule has 4 rings (SSSR count). The van der Waals surface area contributed by atoms with Crippen LogP contribution in [0.25, 0.3) is 11.1 Å². The van der Waals surface area contributed by atoms with E-state index in [1.54, 1.807) is 12.1 Å². The number of ether oxygens (including phenoxy) is 1. The van der Waals surface area contributed by atoms with Gasteiger partial charge in [-0.15, -0.1) is 0 Å². The van der Waals surface area contributed by atoms with E-state index in [-0.39, 0.29) is 6.10 Å². The van der Waals surface area contributed by atoms with Crippen LogP contribution in [-0.2, 0) is 12.8 Å². The third-order valence-electron chi connectivity index (χ3n) is 4.33. The van der Waals surface area contributed by atoms with E-state index >= 15 is 0 Å². The minimum atomic E-state index is 0.201. The predicted molar refractivity (Wildman–Crippen MR) is 91.8 cm³/mol. The van der Waals surface area contributed by atoms with Crippen LogP contribution in [0.2, 0.25) is 0 Å². The molecule has 1 aliphatic rings. The summed E-state index contributed by atoms with van der Waals surface area (Å²) in [6, 6.07) is 23.9. The molecule has 3 aromatic rings. The van der Waals surface area contributed by atoms with Crippen LogP contribution in [0.3, 0.4) is 0 Å². The standard InChI is InChI=1S/C21H18O2/c22-19-6-4-5-15(12-19)16-9-10-17-13-21(14-18(17)11-16)23-20-7-2-1-3-8-20/h1-12,21-22H,13-14H2. The smallest absolute Gasteiger partial charge is 0.119 e. The molecule has 0 heterocycles. The molecule has 23 heavy (non-hydrogen) atoms. The van der Waals surface area contributed by atoms with E-state index in [2.05, 4.69) is 18.2 Å². The lowest BCUT2D eigenvalue weighted by molar-refractivity contribution is 0.214. The van der Waals surface area contributed by atoms with Crippen LogP contribution < -0.4 is 4.74 Å². The summed E-state index contributed by atoms with van der Waals surface area (Å²) in [6.45, 7) is 0. The fraction of sp³-hybridized carbons (Fsp3) is 0.143. The lowest BCUT2D eigenvalue weighted by Gasteiger charge is -2.12. The van der Waals surface area contributed by atoms with E-state index in [0.29, 0.717) is 5.75 Å². The molecule has 0 fully saturated rings. The molecule has 1 N–H and O–H groups in total. The van der Waals surface area contributed by atoms with Crippen molar-refractivity contribution >= 4 is 0 Å². The Kier molecular flexibility index (Phi) is 3.51. The summed E-state index contributed by atoms with van der Waals surface area (Å²) < 4.78 is 6.08. The Morgan fingerprint density at radius 2 is 1.52 bits per heavy atom. The summed E-state index contributed by atoms with van der Waals surface area (Å²) in [7, 11) is 0. The molecule has 1 atom stereocenters. The third-order valence-corrected chi connectivity index (χ3v) is 4.33. The van der Waals surface area contributed by atoms with Gasteiger partial charge in [0, 0.05) is 12.8 Å². The Hall–Kier alpha value is -2.74. The van der Waals surface area contributed by atoms with Crippen molar-refractivity contribution in [1.82, 2.24) is 0 Å². The molecule has 0 aliphatic heterocycles. The van der Waals surface area contributed by atoms with Gasteiger partial charge in [0.25, 0.3) is 0 Å². The van der Waals surface area contributed by atoms with E-state index < -0.39 is 0 Å². The van der Waals surface area contributed by atoms with Gasteiger partial charge in [-0.05, 0) is 46.5 Å². The molecule has 2 heteroatoms. The number of benzene rings is 3.